The molecule has 0 aliphatic heterocycles. The van der Waals surface area contributed by atoms with Crippen LogP contribution in [0, 0.1) is 0 Å². The molecule has 8 heteroatoms. The standard InChI is InChI=1S/C17H29N5O2Si/c1-17(2,3)21-16(23)12-10-22(11-24-7-8-25(4,5)6)15-14(12)20-13(18)9-19-15/h9-10H,7-8,11H2,1-6H3,(H2,18,20)(H,21,23). The van der Waals surface area contributed by atoms with Crippen LogP contribution in [0.4, 0.5) is 5.82 Å². The van der Waals surface area contributed by atoms with Gasteiger partial charge < -0.3 is 20.4 Å². The van der Waals surface area contributed by atoms with E-state index in [2.05, 4.69) is 34.9 Å². The largest absolute Gasteiger partial charge is 0.382 e. The highest BCUT2D eigenvalue weighted by Gasteiger charge is 2.22. The minimum Gasteiger partial charge on any atom is -0.382 e. The molecule has 2 heterocycles. The Morgan fingerprint density at radius 2 is 2.04 bits per heavy atom. The van der Waals surface area contributed by atoms with Crippen molar-refractivity contribution in [2.24, 2.45) is 0 Å². The van der Waals surface area contributed by atoms with Crippen LogP contribution in [-0.2, 0) is 11.5 Å². The van der Waals surface area contributed by atoms with Gasteiger partial charge in [0, 0.05) is 26.4 Å². The number of amides is 1. The minimum atomic E-state index is -1.14. The molecule has 1 amide bonds. The molecule has 0 unspecified atom stereocenters. The van der Waals surface area contributed by atoms with E-state index in [9.17, 15) is 4.79 Å². The lowest BCUT2D eigenvalue weighted by Crippen LogP contribution is -2.40. The van der Waals surface area contributed by atoms with E-state index in [1.165, 1.54) is 6.20 Å². The second kappa shape index (κ2) is 7.13. The number of nitrogens with two attached hydrogens (primary N) is 1. The van der Waals surface area contributed by atoms with Gasteiger partial charge in [-0.1, -0.05) is 19.6 Å². The number of hydrogen-bond donors (Lipinski definition) is 2. The maximum absolute atomic E-state index is 12.6. The van der Waals surface area contributed by atoms with Gasteiger partial charge in [0.15, 0.2) is 5.65 Å². The predicted octanol–water partition coefficient (Wildman–Crippen LogP) is 2.85. The predicted molar refractivity (Wildman–Crippen MR) is 103 cm³/mol. The number of aromatic nitrogens is 3. The van der Waals surface area contributed by atoms with Gasteiger partial charge in [0.2, 0.25) is 0 Å². The Kier molecular flexibility index (Phi) is 5.53. The lowest BCUT2D eigenvalue weighted by atomic mass is 10.1. The molecule has 0 radical (unpaired) electrons. The van der Waals surface area contributed by atoms with Crippen molar-refractivity contribution in [3.8, 4) is 0 Å². The summed E-state index contributed by atoms with van der Waals surface area (Å²) in [4.78, 5) is 21.2. The van der Waals surface area contributed by atoms with Crippen LogP contribution in [0.5, 0.6) is 0 Å². The van der Waals surface area contributed by atoms with Crippen LogP contribution in [0.25, 0.3) is 11.2 Å². The molecule has 2 aromatic heterocycles. The molecule has 0 bridgehead atoms. The molecule has 138 valence electrons. The zero-order chi connectivity index (χ0) is 18.8. The Bertz CT molecular complexity index is 759. The summed E-state index contributed by atoms with van der Waals surface area (Å²) >= 11 is 0. The van der Waals surface area contributed by atoms with Gasteiger partial charge in [-0.05, 0) is 26.8 Å². The number of ether oxygens (including phenoxy) is 1. The van der Waals surface area contributed by atoms with Crippen LogP contribution >= 0.6 is 0 Å². The second-order valence-electron chi connectivity index (χ2n) is 8.53. The van der Waals surface area contributed by atoms with Crippen molar-refractivity contribution in [3.63, 3.8) is 0 Å². The maximum Gasteiger partial charge on any atom is 0.255 e. The van der Waals surface area contributed by atoms with E-state index in [-0.39, 0.29) is 17.3 Å². The number of carbonyl (C=O) groups is 1. The van der Waals surface area contributed by atoms with Gasteiger partial charge in [0.1, 0.15) is 18.1 Å². The quantitative estimate of drug-likeness (QED) is 0.608. The van der Waals surface area contributed by atoms with Crippen molar-refractivity contribution in [3.05, 3.63) is 18.0 Å². The molecule has 0 aliphatic carbocycles. The van der Waals surface area contributed by atoms with Gasteiger partial charge in [-0.15, -0.1) is 0 Å². The summed E-state index contributed by atoms with van der Waals surface area (Å²) in [6.45, 7) is 13.8. The highest BCUT2D eigenvalue weighted by atomic mass is 28.3. The molecule has 25 heavy (non-hydrogen) atoms. The van der Waals surface area contributed by atoms with Crippen LogP contribution < -0.4 is 11.1 Å². The molecule has 2 aromatic rings. The molecule has 0 atom stereocenters. The van der Waals surface area contributed by atoms with E-state index in [0.29, 0.717) is 30.1 Å². The molecule has 3 N–H and O–H groups in total. The summed E-state index contributed by atoms with van der Waals surface area (Å²) in [7, 11) is -1.14. The molecule has 2 rings (SSSR count). The zero-order valence-corrected chi connectivity index (χ0v) is 17.0. The van der Waals surface area contributed by atoms with E-state index in [1.54, 1.807) is 6.20 Å². The first-order valence-corrected chi connectivity index (χ1v) is 12.2. The molecular formula is C17H29N5O2Si. The number of nitrogens with zero attached hydrogens (tertiary/aromatic N) is 3. The van der Waals surface area contributed by atoms with Gasteiger partial charge in [-0.2, -0.15) is 0 Å². The molecular weight excluding hydrogens is 334 g/mol. The smallest absolute Gasteiger partial charge is 0.255 e. The lowest BCUT2D eigenvalue weighted by Gasteiger charge is -2.20. The van der Waals surface area contributed by atoms with Crippen molar-refractivity contribution < 1.29 is 9.53 Å². The van der Waals surface area contributed by atoms with Crippen LogP contribution in [0.15, 0.2) is 12.4 Å². The molecule has 0 aromatic carbocycles. The van der Waals surface area contributed by atoms with E-state index >= 15 is 0 Å². The second-order valence-corrected chi connectivity index (χ2v) is 14.2. The monoisotopic (exact) mass is 363 g/mol. The van der Waals surface area contributed by atoms with Crippen molar-refractivity contribution in [2.75, 3.05) is 12.3 Å². The van der Waals surface area contributed by atoms with Crippen LogP contribution in [0.1, 0.15) is 31.1 Å². The van der Waals surface area contributed by atoms with E-state index < -0.39 is 8.07 Å². The third-order valence-corrected chi connectivity index (χ3v) is 5.25. The summed E-state index contributed by atoms with van der Waals surface area (Å²) in [5.74, 6) is 0.0907. The Morgan fingerprint density at radius 3 is 2.64 bits per heavy atom. The van der Waals surface area contributed by atoms with Crippen molar-refractivity contribution >= 4 is 31.0 Å². The van der Waals surface area contributed by atoms with Gasteiger partial charge in [-0.25, -0.2) is 9.97 Å². The summed E-state index contributed by atoms with van der Waals surface area (Å²) < 4.78 is 7.60. The van der Waals surface area contributed by atoms with Gasteiger partial charge in [-0.3, -0.25) is 4.79 Å². The van der Waals surface area contributed by atoms with Gasteiger partial charge >= 0.3 is 0 Å². The number of rotatable bonds is 6. The summed E-state index contributed by atoms with van der Waals surface area (Å²) in [5, 5.41) is 2.95. The molecule has 7 nitrogen and oxygen atoms in total. The van der Waals surface area contributed by atoms with E-state index in [4.69, 9.17) is 10.5 Å². The highest BCUT2D eigenvalue weighted by molar-refractivity contribution is 6.76. The number of carbonyl (C=O) groups excluding carboxylic acids is 1. The van der Waals surface area contributed by atoms with Gasteiger partial charge in [0.25, 0.3) is 5.91 Å². The first-order chi connectivity index (χ1) is 11.5. The minimum absolute atomic E-state index is 0.196. The molecule has 0 spiro atoms. The Balaban J connectivity index is 2.25. The van der Waals surface area contributed by atoms with Crippen molar-refractivity contribution in [1.29, 1.82) is 0 Å². The van der Waals surface area contributed by atoms with Gasteiger partial charge in [0.05, 0.1) is 11.8 Å². The number of nitrogen functional groups attached to an aromatic ring is 1. The fraction of sp³-hybridized carbons (Fsp3) is 0.588. The fourth-order valence-corrected chi connectivity index (χ4v) is 3.04. The van der Waals surface area contributed by atoms with Crippen LogP contribution in [0.2, 0.25) is 25.7 Å². The third-order valence-electron chi connectivity index (χ3n) is 3.54. The zero-order valence-electron chi connectivity index (χ0n) is 16.0. The number of nitrogens with one attached hydrogen (secondary N) is 1. The maximum atomic E-state index is 12.6. The van der Waals surface area contributed by atoms with E-state index in [1.807, 2.05) is 25.3 Å². The normalized spacial score (nSPS) is 12.6. The summed E-state index contributed by atoms with van der Waals surface area (Å²) in [6, 6.07) is 1.09. The molecule has 0 aliphatic rings. The summed E-state index contributed by atoms with van der Waals surface area (Å²) in [5.41, 5.74) is 6.97. The number of anilines is 1. The van der Waals surface area contributed by atoms with Crippen LogP contribution in [0.3, 0.4) is 0 Å². The fourth-order valence-electron chi connectivity index (χ4n) is 2.28. The Morgan fingerprint density at radius 1 is 1.36 bits per heavy atom. The Labute approximate surface area is 150 Å². The first kappa shape index (κ1) is 19.4. The number of fused-ring (bicyclic) bond motifs is 1. The highest BCUT2D eigenvalue weighted by Crippen LogP contribution is 2.20. The van der Waals surface area contributed by atoms with Crippen molar-refractivity contribution in [2.45, 2.75) is 58.7 Å². The summed E-state index contributed by atoms with van der Waals surface area (Å²) in [6.07, 6.45) is 3.23. The SMILES string of the molecule is CC(C)(C)NC(=O)c1cn(COCC[Si](C)(C)C)c2ncc(N)nc12. The first-order valence-electron chi connectivity index (χ1n) is 8.48. The lowest BCUT2D eigenvalue weighted by molar-refractivity contribution is 0.0886. The third kappa shape index (κ3) is 5.54. The van der Waals surface area contributed by atoms with Crippen LogP contribution in [-0.4, -0.2) is 40.7 Å². The molecule has 0 saturated heterocycles. The van der Waals surface area contributed by atoms with E-state index in [0.717, 1.165) is 6.04 Å². The topological polar surface area (TPSA) is 95.1 Å². The average molecular weight is 364 g/mol. The molecule has 0 fully saturated rings. The molecule has 0 saturated carbocycles. The average Bonchev–Trinajstić information content (AvgIpc) is 2.79. The Hall–Kier alpha value is -1.93. The number of hydrogen-bond acceptors (Lipinski definition) is 5. The van der Waals surface area contributed by atoms with Crippen molar-refractivity contribution in [1.82, 2.24) is 19.9 Å².